The molecule has 2 amide bonds. The van der Waals surface area contributed by atoms with Crippen molar-refractivity contribution in [3.8, 4) is 0 Å². The summed E-state index contributed by atoms with van der Waals surface area (Å²) >= 11 is 0. The van der Waals surface area contributed by atoms with Crippen LogP contribution < -0.4 is 5.32 Å². The molecule has 2 bridgehead atoms. The average molecular weight is 755 g/mol. The highest BCUT2D eigenvalue weighted by atomic mass is 16.6. The number of likely N-dealkylation sites (tertiary alicyclic amines) is 1. The van der Waals surface area contributed by atoms with Crippen LogP contribution in [0.5, 0.6) is 0 Å². The number of unbranched alkanes of at least 4 members (excludes halogenated alkanes) is 1. The Kier molecular flexibility index (Phi) is 11.9. The predicted molar refractivity (Wildman–Crippen MR) is 202 cm³/mol. The van der Waals surface area contributed by atoms with Gasteiger partial charge in [0.1, 0.15) is 23.2 Å². The van der Waals surface area contributed by atoms with Gasteiger partial charge in [0, 0.05) is 55.1 Å². The van der Waals surface area contributed by atoms with Crippen LogP contribution in [0.25, 0.3) is 0 Å². The smallest absolute Gasteiger partial charge is 0.328 e. The monoisotopic (exact) mass is 754 g/mol. The van der Waals surface area contributed by atoms with Gasteiger partial charge in [-0.2, -0.15) is 0 Å². The van der Waals surface area contributed by atoms with Crippen molar-refractivity contribution in [2.75, 3.05) is 26.9 Å². The van der Waals surface area contributed by atoms with Crippen LogP contribution in [-0.4, -0.2) is 96.6 Å². The van der Waals surface area contributed by atoms with Crippen LogP contribution in [0.15, 0.2) is 11.6 Å². The van der Waals surface area contributed by atoms with Crippen molar-refractivity contribution < 1.29 is 42.9 Å². The summed E-state index contributed by atoms with van der Waals surface area (Å²) in [4.78, 5) is 67.4. The molecule has 1 unspecified atom stereocenters. The van der Waals surface area contributed by atoms with Gasteiger partial charge in [-0.3, -0.25) is 19.2 Å². The third-order valence-corrected chi connectivity index (χ3v) is 14.2. The molecule has 7 atom stereocenters. The first-order valence-corrected chi connectivity index (χ1v) is 20.8. The van der Waals surface area contributed by atoms with Crippen molar-refractivity contribution in [2.45, 2.75) is 180 Å². The van der Waals surface area contributed by atoms with Crippen molar-refractivity contribution >= 4 is 29.4 Å². The second-order valence-corrected chi connectivity index (χ2v) is 19.0. The minimum atomic E-state index is -0.603. The van der Waals surface area contributed by atoms with Gasteiger partial charge >= 0.3 is 5.97 Å². The number of nitrogens with one attached hydrogen (secondary N) is 1. The van der Waals surface area contributed by atoms with Crippen LogP contribution in [0.1, 0.15) is 144 Å². The Labute approximate surface area is 322 Å². The molecule has 7 rings (SSSR count). The zero-order valence-corrected chi connectivity index (χ0v) is 34.0. The van der Waals surface area contributed by atoms with Crippen LogP contribution in [0, 0.1) is 22.2 Å². The van der Waals surface area contributed by atoms with Gasteiger partial charge in [0.15, 0.2) is 0 Å². The number of nitrogens with zero attached hydrogens (tertiary/aromatic N) is 1. The number of hydrogen-bond acceptors (Lipinski definition) is 9. The van der Waals surface area contributed by atoms with Crippen LogP contribution in [-0.2, 0) is 42.9 Å². The molecule has 0 aromatic heterocycles. The summed E-state index contributed by atoms with van der Waals surface area (Å²) in [6.07, 6.45) is 12.3. The fourth-order valence-corrected chi connectivity index (χ4v) is 10.4. The number of hydrogen-bond donors (Lipinski definition) is 1. The van der Waals surface area contributed by atoms with Crippen LogP contribution in [0.4, 0.5) is 0 Å². The summed E-state index contributed by atoms with van der Waals surface area (Å²) in [6.45, 7) is 13.3. The van der Waals surface area contributed by atoms with E-state index in [4.69, 9.17) is 18.9 Å². The van der Waals surface area contributed by atoms with E-state index < -0.39 is 22.8 Å². The van der Waals surface area contributed by atoms with Crippen molar-refractivity contribution in [1.29, 1.82) is 0 Å². The normalized spacial score (nSPS) is 36.8. The number of allylic oxidation sites excluding steroid dienone is 1. The van der Waals surface area contributed by atoms with Gasteiger partial charge in [0.2, 0.25) is 11.8 Å². The van der Waals surface area contributed by atoms with Crippen molar-refractivity contribution in [3.05, 3.63) is 11.6 Å². The number of amides is 2. The molecule has 1 spiro atoms. The molecule has 3 aliphatic heterocycles. The molecule has 302 valence electrons. The molecule has 0 radical (unpaired) electrons. The SMILES string of the molecule is CO[C@@H]1[C@H](NC(=O)C23CCC(C(=O)CCCCOC(=O)C4CCCN4C(=O)CCC(=O)C(C)(C)C)(CC2)CC3)CC[C@]2(CO2)[C@H]1[C@@]1(C)O[C@@H]1CC=C(C)C. The van der Waals surface area contributed by atoms with Gasteiger partial charge in [-0.05, 0) is 104 Å². The highest BCUT2D eigenvalue weighted by Crippen LogP contribution is 2.60. The first kappa shape index (κ1) is 41.0. The molecule has 7 fully saturated rings. The first-order valence-electron chi connectivity index (χ1n) is 20.8. The summed E-state index contributed by atoms with van der Waals surface area (Å²) in [5, 5.41) is 3.46. The van der Waals surface area contributed by atoms with Crippen molar-refractivity contribution in [2.24, 2.45) is 22.2 Å². The zero-order valence-electron chi connectivity index (χ0n) is 34.0. The molecule has 54 heavy (non-hydrogen) atoms. The first-order chi connectivity index (χ1) is 25.5. The predicted octanol–water partition coefficient (Wildman–Crippen LogP) is 6.19. The van der Waals surface area contributed by atoms with Gasteiger partial charge in [0.25, 0.3) is 0 Å². The maximum absolute atomic E-state index is 14.1. The van der Waals surface area contributed by atoms with Crippen molar-refractivity contribution in [1.82, 2.24) is 10.2 Å². The maximum Gasteiger partial charge on any atom is 0.328 e. The van der Waals surface area contributed by atoms with E-state index in [1.165, 1.54) is 5.57 Å². The van der Waals surface area contributed by atoms with E-state index in [-0.39, 0.29) is 83.6 Å². The van der Waals surface area contributed by atoms with Gasteiger partial charge in [0.05, 0.1) is 37.1 Å². The Morgan fingerprint density at radius 3 is 2.19 bits per heavy atom. The standard InChI is InChI=1S/C43H66N2O9/c1-28(2)13-15-33-40(6,54-33)36-35(51-7)29(17-18-43(36)27-53-43)44-38(50)42-22-19-41(20-23-42,21-24-42)32(47)12-8-9-26-52-37(49)30-11-10-25-45(30)34(48)16-14-31(46)39(3,4)5/h13,29-30,33,35-36H,8-12,14-27H2,1-7H3,(H,44,50)/t29-,30?,33-,35-,36-,40+,41?,42?,43+/m1/s1. The van der Waals surface area contributed by atoms with Gasteiger partial charge in [-0.25, -0.2) is 4.79 Å². The number of methoxy groups -OCH3 is 1. The fraction of sp³-hybridized carbons (Fsp3) is 0.837. The van der Waals surface area contributed by atoms with E-state index in [2.05, 4.69) is 32.2 Å². The highest BCUT2D eigenvalue weighted by molar-refractivity contribution is 5.90. The summed E-state index contributed by atoms with van der Waals surface area (Å²) < 4.78 is 24.2. The van der Waals surface area contributed by atoms with Gasteiger partial charge < -0.3 is 29.2 Å². The van der Waals surface area contributed by atoms with Gasteiger partial charge in [-0.1, -0.05) is 32.4 Å². The Bertz CT molecular complexity index is 1460. The molecule has 4 saturated carbocycles. The Morgan fingerprint density at radius 2 is 1.57 bits per heavy atom. The number of rotatable bonds is 16. The number of ketones is 2. The molecular formula is C43H66N2O9. The lowest BCUT2D eigenvalue weighted by Gasteiger charge is -2.52. The molecule has 4 aliphatic carbocycles. The third-order valence-electron chi connectivity index (χ3n) is 14.2. The summed E-state index contributed by atoms with van der Waals surface area (Å²) in [5.41, 5.74) is -0.620. The number of esters is 1. The minimum Gasteiger partial charge on any atom is -0.464 e. The number of Topliss-reactive ketones (excluding diaryl/α,β-unsaturated/α-hetero) is 2. The molecule has 1 N–H and O–H groups in total. The lowest BCUT2D eigenvalue weighted by molar-refractivity contribution is -0.154. The number of ether oxygens (including phenoxy) is 4. The molecule has 3 heterocycles. The Hall–Kier alpha value is -2.63. The van der Waals surface area contributed by atoms with E-state index in [1.54, 1.807) is 12.0 Å². The van der Waals surface area contributed by atoms with Crippen LogP contribution in [0.2, 0.25) is 0 Å². The average Bonchev–Trinajstić information content (AvgIpc) is 4.00. The quantitative estimate of drug-likeness (QED) is 0.0845. The second kappa shape index (κ2) is 15.7. The Morgan fingerprint density at radius 1 is 0.907 bits per heavy atom. The lowest BCUT2D eigenvalue weighted by Crippen LogP contribution is -2.62. The van der Waals surface area contributed by atoms with E-state index >= 15 is 0 Å². The molecule has 0 aromatic rings. The number of epoxide rings is 2. The van der Waals surface area contributed by atoms with Crippen LogP contribution >= 0.6 is 0 Å². The number of fused-ring (bicyclic) bond motifs is 3. The molecule has 11 heteroatoms. The minimum absolute atomic E-state index is 0.0313. The highest BCUT2D eigenvalue weighted by Gasteiger charge is 2.72. The number of carbonyl (C=O) groups is 5. The number of carbonyl (C=O) groups excluding carboxylic acids is 5. The topological polar surface area (TPSA) is 144 Å². The van der Waals surface area contributed by atoms with Gasteiger partial charge in [-0.15, -0.1) is 0 Å². The van der Waals surface area contributed by atoms with E-state index in [0.717, 1.165) is 64.2 Å². The van der Waals surface area contributed by atoms with E-state index in [1.807, 2.05) is 20.8 Å². The Balaban J connectivity index is 0.935. The van der Waals surface area contributed by atoms with E-state index in [9.17, 15) is 24.0 Å². The summed E-state index contributed by atoms with van der Waals surface area (Å²) in [6, 6.07) is -0.721. The molecule has 11 nitrogen and oxygen atoms in total. The molecule has 7 aliphatic rings. The second-order valence-electron chi connectivity index (χ2n) is 19.0. The molecule has 3 saturated heterocycles. The maximum atomic E-state index is 14.1. The van der Waals surface area contributed by atoms with Crippen molar-refractivity contribution in [3.63, 3.8) is 0 Å². The summed E-state index contributed by atoms with van der Waals surface area (Å²) in [5.74, 6) is -0.136. The van der Waals surface area contributed by atoms with E-state index in [0.29, 0.717) is 38.8 Å². The van der Waals surface area contributed by atoms with Crippen LogP contribution in [0.3, 0.4) is 0 Å². The lowest BCUT2D eigenvalue weighted by atomic mass is 9.52. The third kappa shape index (κ3) is 8.24. The fourth-order valence-electron chi connectivity index (χ4n) is 10.4. The summed E-state index contributed by atoms with van der Waals surface area (Å²) in [7, 11) is 1.74. The largest absolute Gasteiger partial charge is 0.464 e. The molecule has 0 aromatic carbocycles. The molecular weight excluding hydrogens is 688 g/mol. The zero-order chi connectivity index (χ0) is 39.1.